The summed E-state index contributed by atoms with van der Waals surface area (Å²) in [6, 6.07) is 15.7. The Morgan fingerprint density at radius 1 is 1.20 bits per heavy atom. The van der Waals surface area contributed by atoms with E-state index in [4.69, 9.17) is 10.00 Å². The van der Waals surface area contributed by atoms with Gasteiger partial charge in [-0.15, -0.1) is 0 Å². The van der Waals surface area contributed by atoms with Crippen molar-refractivity contribution in [3.63, 3.8) is 0 Å². The molecule has 3 rings (SSSR count). The number of nitrogens with zero attached hydrogens (tertiary/aromatic N) is 2. The zero-order valence-corrected chi connectivity index (χ0v) is 13.9. The molecule has 5 heteroatoms. The Labute approximate surface area is 147 Å². The summed E-state index contributed by atoms with van der Waals surface area (Å²) < 4.78 is 18.7. The molecular formula is C20H21FN2O2. The third kappa shape index (κ3) is 4.56. The van der Waals surface area contributed by atoms with E-state index in [9.17, 15) is 9.50 Å². The van der Waals surface area contributed by atoms with Crippen LogP contribution in [0.1, 0.15) is 30.0 Å². The largest absolute Gasteiger partial charge is 0.491 e. The van der Waals surface area contributed by atoms with Crippen molar-refractivity contribution in [1.29, 1.82) is 5.26 Å². The maximum Gasteiger partial charge on any atom is 0.123 e. The van der Waals surface area contributed by atoms with E-state index in [1.165, 1.54) is 12.1 Å². The molecule has 0 spiro atoms. The van der Waals surface area contributed by atoms with E-state index in [0.717, 1.165) is 24.9 Å². The Bertz CT molecular complexity index is 725. The van der Waals surface area contributed by atoms with Gasteiger partial charge in [-0.05, 0) is 61.3 Å². The Hall–Kier alpha value is -2.42. The van der Waals surface area contributed by atoms with Crippen molar-refractivity contribution in [3.05, 3.63) is 65.5 Å². The number of hydrogen-bond donors (Lipinski definition) is 1. The van der Waals surface area contributed by atoms with E-state index in [1.807, 2.05) is 12.1 Å². The Balaban J connectivity index is 1.53. The molecule has 0 saturated carbocycles. The van der Waals surface area contributed by atoms with E-state index in [-0.39, 0.29) is 18.5 Å². The van der Waals surface area contributed by atoms with Gasteiger partial charge in [0.25, 0.3) is 0 Å². The van der Waals surface area contributed by atoms with Gasteiger partial charge in [0, 0.05) is 12.6 Å². The number of aliphatic hydroxyl groups excluding tert-OH is 1. The molecule has 2 aromatic rings. The van der Waals surface area contributed by atoms with Crippen molar-refractivity contribution in [1.82, 2.24) is 4.90 Å². The molecule has 2 aromatic carbocycles. The molecule has 0 bridgehead atoms. The lowest BCUT2D eigenvalue weighted by atomic mass is 10.0. The summed E-state index contributed by atoms with van der Waals surface area (Å²) >= 11 is 0. The summed E-state index contributed by atoms with van der Waals surface area (Å²) in [7, 11) is 0. The summed E-state index contributed by atoms with van der Waals surface area (Å²) in [5, 5.41) is 19.1. The molecule has 2 atom stereocenters. The second-order valence-corrected chi connectivity index (χ2v) is 6.31. The van der Waals surface area contributed by atoms with Gasteiger partial charge in [0.05, 0.1) is 11.6 Å². The molecule has 0 aliphatic carbocycles. The highest BCUT2D eigenvalue weighted by molar-refractivity contribution is 5.34. The van der Waals surface area contributed by atoms with Gasteiger partial charge in [-0.2, -0.15) is 5.26 Å². The van der Waals surface area contributed by atoms with Gasteiger partial charge in [0.15, 0.2) is 0 Å². The van der Waals surface area contributed by atoms with E-state index < -0.39 is 6.10 Å². The molecule has 0 aromatic heterocycles. The average Bonchev–Trinajstić information content (AvgIpc) is 3.09. The average molecular weight is 340 g/mol. The predicted octanol–water partition coefficient (Wildman–Crippen LogP) is 3.27. The number of likely N-dealkylation sites (tertiary alicyclic amines) is 1. The molecule has 0 radical (unpaired) electrons. The number of rotatable bonds is 6. The summed E-state index contributed by atoms with van der Waals surface area (Å²) in [4.78, 5) is 2.22. The van der Waals surface area contributed by atoms with Crippen molar-refractivity contribution in [2.45, 2.75) is 25.0 Å². The fourth-order valence-corrected chi connectivity index (χ4v) is 3.25. The van der Waals surface area contributed by atoms with E-state index in [1.54, 1.807) is 24.3 Å². The van der Waals surface area contributed by atoms with Crippen molar-refractivity contribution >= 4 is 0 Å². The van der Waals surface area contributed by atoms with Crippen LogP contribution in [0.5, 0.6) is 5.75 Å². The van der Waals surface area contributed by atoms with Gasteiger partial charge in [0.1, 0.15) is 24.3 Å². The zero-order chi connectivity index (χ0) is 17.6. The van der Waals surface area contributed by atoms with Crippen molar-refractivity contribution in [2.75, 3.05) is 19.7 Å². The number of β-amino-alcohol motifs (C(OH)–C–C–N with tert-alkyl or cyclic N) is 1. The minimum absolute atomic E-state index is 0.193. The van der Waals surface area contributed by atoms with Gasteiger partial charge in [-0.3, -0.25) is 4.90 Å². The van der Waals surface area contributed by atoms with Gasteiger partial charge in [-0.25, -0.2) is 4.39 Å². The Morgan fingerprint density at radius 2 is 1.92 bits per heavy atom. The smallest absolute Gasteiger partial charge is 0.123 e. The minimum Gasteiger partial charge on any atom is -0.491 e. The number of halogens is 1. The van der Waals surface area contributed by atoms with Gasteiger partial charge < -0.3 is 9.84 Å². The van der Waals surface area contributed by atoms with Gasteiger partial charge in [-0.1, -0.05) is 12.1 Å². The molecule has 1 aliphatic rings. The first-order valence-corrected chi connectivity index (χ1v) is 8.46. The molecule has 1 N–H and O–H groups in total. The lowest BCUT2D eigenvalue weighted by molar-refractivity contribution is 0.0638. The normalized spacial score (nSPS) is 18.7. The molecule has 0 amide bonds. The highest BCUT2D eigenvalue weighted by Gasteiger charge is 2.27. The molecule has 1 heterocycles. The Morgan fingerprint density at radius 3 is 2.60 bits per heavy atom. The summed E-state index contributed by atoms with van der Waals surface area (Å²) in [5.74, 6) is 0.402. The van der Waals surface area contributed by atoms with Crippen LogP contribution in [0.4, 0.5) is 4.39 Å². The van der Waals surface area contributed by atoms with Crippen LogP contribution in [-0.4, -0.2) is 35.8 Å². The zero-order valence-electron chi connectivity index (χ0n) is 13.9. The highest BCUT2D eigenvalue weighted by Crippen LogP contribution is 2.31. The number of hydrogen-bond acceptors (Lipinski definition) is 4. The number of benzene rings is 2. The van der Waals surface area contributed by atoms with Crippen LogP contribution in [0.2, 0.25) is 0 Å². The van der Waals surface area contributed by atoms with Gasteiger partial charge >= 0.3 is 0 Å². The second kappa shape index (κ2) is 8.11. The molecule has 0 unspecified atom stereocenters. The molecular weight excluding hydrogens is 319 g/mol. The number of nitriles is 1. The maximum atomic E-state index is 13.1. The van der Waals surface area contributed by atoms with Gasteiger partial charge in [0.2, 0.25) is 0 Å². The van der Waals surface area contributed by atoms with Crippen LogP contribution in [0.3, 0.4) is 0 Å². The van der Waals surface area contributed by atoms with Crippen molar-refractivity contribution in [2.24, 2.45) is 0 Å². The quantitative estimate of drug-likeness (QED) is 0.877. The van der Waals surface area contributed by atoms with E-state index in [0.29, 0.717) is 17.9 Å². The SMILES string of the molecule is N#Cc1ccc(OC[C@@H](O)CN2CCC[C@@H]2c2ccc(F)cc2)cc1. The molecule has 1 aliphatic heterocycles. The fourth-order valence-electron chi connectivity index (χ4n) is 3.25. The highest BCUT2D eigenvalue weighted by atomic mass is 19.1. The summed E-state index contributed by atoms with van der Waals surface area (Å²) in [6.07, 6.45) is 1.46. The maximum absolute atomic E-state index is 13.1. The predicted molar refractivity (Wildman–Crippen MR) is 92.6 cm³/mol. The van der Waals surface area contributed by atoms with Crippen LogP contribution in [0.15, 0.2) is 48.5 Å². The first-order chi connectivity index (χ1) is 12.2. The molecule has 25 heavy (non-hydrogen) atoms. The molecule has 130 valence electrons. The lowest BCUT2D eigenvalue weighted by Gasteiger charge is -2.27. The van der Waals surface area contributed by atoms with E-state index in [2.05, 4.69) is 11.0 Å². The lowest BCUT2D eigenvalue weighted by Crippen LogP contribution is -2.35. The molecule has 4 nitrogen and oxygen atoms in total. The standard InChI is InChI=1S/C20H21FN2O2/c21-17-7-5-16(6-8-17)20-2-1-11-23(20)13-18(24)14-25-19-9-3-15(12-22)4-10-19/h3-10,18,20,24H,1-2,11,13-14H2/t18-,20+/m0/s1. The monoisotopic (exact) mass is 340 g/mol. The summed E-state index contributed by atoms with van der Waals surface area (Å²) in [5.41, 5.74) is 1.66. The van der Waals surface area contributed by atoms with Crippen LogP contribution in [0, 0.1) is 17.1 Å². The topological polar surface area (TPSA) is 56.5 Å². The Kier molecular flexibility index (Phi) is 5.64. The third-order valence-electron chi connectivity index (χ3n) is 4.49. The molecule has 1 saturated heterocycles. The van der Waals surface area contributed by atoms with Crippen molar-refractivity contribution in [3.8, 4) is 11.8 Å². The van der Waals surface area contributed by atoms with Crippen LogP contribution in [-0.2, 0) is 0 Å². The molecule has 1 fully saturated rings. The second-order valence-electron chi connectivity index (χ2n) is 6.31. The minimum atomic E-state index is -0.614. The van der Waals surface area contributed by atoms with Crippen LogP contribution in [0.25, 0.3) is 0 Å². The summed E-state index contributed by atoms with van der Waals surface area (Å²) in [6.45, 7) is 1.62. The number of aliphatic hydroxyl groups is 1. The first-order valence-electron chi connectivity index (χ1n) is 8.46. The van der Waals surface area contributed by atoms with Crippen LogP contribution >= 0.6 is 0 Å². The number of ether oxygens (including phenoxy) is 1. The third-order valence-corrected chi connectivity index (χ3v) is 4.49. The fraction of sp³-hybridized carbons (Fsp3) is 0.350. The van der Waals surface area contributed by atoms with Crippen molar-refractivity contribution < 1.29 is 14.2 Å². The van der Waals surface area contributed by atoms with E-state index >= 15 is 0 Å². The van der Waals surface area contributed by atoms with Crippen LogP contribution < -0.4 is 4.74 Å². The first kappa shape index (κ1) is 17.4.